The van der Waals surface area contributed by atoms with Crippen LogP contribution in [0.25, 0.3) is 11.3 Å². The van der Waals surface area contributed by atoms with Crippen molar-refractivity contribution in [2.24, 2.45) is 5.92 Å². The fraction of sp³-hybridized carbons (Fsp3) is 0.421. The molecule has 0 amide bonds. The first-order valence-electron chi connectivity index (χ1n) is 9.09. The topological polar surface area (TPSA) is 12.9 Å². The molecule has 2 aromatic rings. The summed E-state index contributed by atoms with van der Waals surface area (Å²) in [5.74, 6) is 0.607. The van der Waals surface area contributed by atoms with Gasteiger partial charge in [0.25, 0.3) is 0 Å². The molecule has 0 aliphatic heterocycles. The van der Waals surface area contributed by atoms with Crippen LogP contribution in [0.2, 0.25) is 0 Å². The molecule has 1 fully saturated rings. The fourth-order valence-electron chi connectivity index (χ4n) is 3.13. The second-order valence-electron chi connectivity index (χ2n) is 5.80. The van der Waals surface area contributed by atoms with Crippen molar-refractivity contribution in [3.05, 3.63) is 53.7 Å². The number of aryl methyl sites for hydroxylation is 1. The molecule has 1 nitrogen and oxygen atoms in total. The highest BCUT2D eigenvalue weighted by molar-refractivity contribution is 5.60. The van der Waals surface area contributed by atoms with Gasteiger partial charge in [0.1, 0.15) is 0 Å². The van der Waals surface area contributed by atoms with Crippen LogP contribution < -0.4 is 0 Å². The Kier molecular flexibility index (Phi) is 3.15. The summed E-state index contributed by atoms with van der Waals surface area (Å²) in [6.45, 7) is -2.09. The number of nitrogens with zero attached hydrogens (tertiary/aromatic N) is 1. The van der Waals surface area contributed by atoms with Crippen molar-refractivity contribution in [3.63, 3.8) is 0 Å². The van der Waals surface area contributed by atoms with E-state index in [4.69, 9.17) is 4.11 Å². The van der Waals surface area contributed by atoms with Crippen LogP contribution in [0.5, 0.6) is 0 Å². The lowest BCUT2D eigenvalue weighted by molar-refractivity contribution is 0.356. The lowest BCUT2D eigenvalue weighted by atomic mass is 9.84. The van der Waals surface area contributed by atoms with Gasteiger partial charge in [-0.15, -0.1) is 0 Å². The number of pyridine rings is 1. The minimum atomic E-state index is -2.09. The molecule has 3 rings (SSSR count). The van der Waals surface area contributed by atoms with Gasteiger partial charge in [0.05, 0.1) is 5.69 Å². The lowest BCUT2D eigenvalue weighted by Crippen LogP contribution is -2.10. The van der Waals surface area contributed by atoms with Crippen molar-refractivity contribution < 1.29 is 4.11 Å². The fourth-order valence-corrected chi connectivity index (χ4v) is 3.13. The zero-order valence-electron chi connectivity index (χ0n) is 14.8. The number of aromatic nitrogens is 1. The molecule has 20 heavy (non-hydrogen) atoms. The number of hydrogen-bond acceptors (Lipinski definition) is 1. The zero-order chi connectivity index (χ0) is 16.3. The second kappa shape index (κ2) is 6.21. The molecule has 1 heterocycles. The Hall–Kier alpha value is -1.63. The van der Waals surface area contributed by atoms with E-state index in [9.17, 15) is 0 Å². The monoisotopic (exact) mass is 268 g/mol. The summed E-state index contributed by atoms with van der Waals surface area (Å²) in [6.07, 6.45) is 8.69. The van der Waals surface area contributed by atoms with Crippen LogP contribution in [0.15, 0.2) is 42.6 Å². The number of benzene rings is 1. The highest BCUT2D eigenvalue weighted by Gasteiger charge is 2.15. The first-order valence-corrected chi connectivity index (χ1v) is 7.59. The summed E-state index contributed by atoms with van der Waals surface area (Å²) < 4.78 is 23.4. The van der Waals surface area contributed by atoms with Gasteiger partial charge < -0.3 is 0 Å². The minimum absolute atomic E-state index is 0.419. The maximum absolute atomic E-state index is 7.80. The largest absolute Gasteiger partial charge is 0.256 e. The molecule has 104 valence electrons. The highest BCUT2D eigenvalue weighted by Crippen LogP contribution is 2.29. The van der Waals surface area contributed by atoms with Crippen LogP contribution in [0, 0.1) is 12.8 Å². The molecule has 1 heteroatoms. The van der Waals surface area contributed by atoms with Crippen LogP contribution in [0.1, 0.15) is 47.3 Å². The molecule has 1 aliphatic carbocycles. The van der Waals surface area contributed by atoms with Crippen LogP contribution in [0.3, 0.4) is 0 Å². The normalized spacial score (nSPS) is 19.1. The average Bonchev–Trinajstić information content (AvgIpc) is 2.55. The second-order valence-corrected chi connectivity index (χ2v) is 5.80. The summed E-state index contributed by atoms with van der Waals surface area (Å²) >= 11 is 0. The van der Waals surface area contributed by atoms with Crippen LogP contribution >= 0.6 is 0 Å². The molecule has 0 saturated heterocycles. The Bertz CT molecular complexity index is 643. The SMILES string of the molecule is [2H]C([2H])([2H])c1cnc(-c2ccccc2)cc1CC1CCCCC1. The van der Waals surface area contributed by atoms with E-state index in [1.807, 2.05) is 36.4 Å². The van der Waals surface area contributed by atoms with Crippen molar-refractivity contribution >= 4 is 0 Å². The van der Waals surface area contributed by atoms with Gasteiger partial charge in [-0.1, -0.05) is 62.4 Å². The minimum Gasteiger partial charge on any atom is -0.256 e. The Morgan fingerprint density at radius 2 is 1.95 bits per heavy atom. The van der Waals surface area contributed by atoms with Crippen molar-refractivity contribution in [3.8, 4) is 11.3 Å². The van der Waals surface area contributed by atoms with E-state index in [-0.39, 0.29) is 0 Å². The predicted octanol–water partition coefficient (Wildman–Crippen LogP) is 5.18. The van der Waals surface area contributed by atoms with Gasteiger partial charge in [-0.3, -0.25) is 4.98 Å². The molecule has 0 spiro atoms. The van der Waals surface area contributed by atoms with Crippen molar-refractivity contribution in [2.45, 2.75) is 45.4 Å². The van der Waals surface area contributed by atoms with Gasteiger partial charge in [0, 0.05) is 15.9 Å². The number of rotatable bonds is 3. The van der Waals surface area contributed by atoms with Crippen molar-refractivity contribution in [1.82, 2.24) is 4.98 Å². The standard InChI is InChI=1S/C19H23N/c1-15-14-20-19(17-10-6-3-7-11-17)13-18(15)12-16-8-4-2-5-9-16/h3,6-7,10-11,13-14,16H,2,4-5,8-9,12H2,1H3/i1D3. The highest BCUT2D eigenvalue weighted by atomic mass is 14.7. The summed E-state index contributed by atoms with van der Waals surface area (Å²) in [7, 11) is 0. The molecule has 0 radical (unpaired) electrons. The van der Waals surface area contributed by atoms with E-state index in [1.165, 1.54) is 32.1 Å². The van der Waals surface area contributed by atoms with Crippen LogP contribution in [-0.2, 0) is 6.42 Å². The third-order valence-corrected chi connectivity index (χ3v) is 4.29. The van der Waals surface area contributed by atoms with Gasteiger partial charge in [0.15, 0.2) is 0 Å². The summed E-state index contributed by atoms with van der Waals surface area (Å²) in [4.78, 5) is 4.41. The first-order chi connectivity index (χ1) is 11.0. The van der Waals surface area contributed by atoms with E-state index < -0.39 is 6.85 Å². The molecular formula is C19H23N. The molecular weight excluding hydrogens is 242 g/mol. The van der Waals surface area contributed by atoms with Gasteiger partial charge in [-0.25, -0.2) is 0 Å². The van der Waals surface area contributed by atoms with E-state index in [0.29, 0.717) is 11.5 Å². The third kappa shape index (κ3) is 3.09. The predicted molar refractivity (Wildman–Crippen MR) is 84.7 cm³/mol. The Balaban J connectivity index is 1.95. The number of hydrogen-bond donors (Lipinski definition) is 0. The van der Waals surface area contributed by atoms with E-state index in [2.05, 4.69) is 4.98 Å². The molecule has 0 N–H and O–H groups in total. The molecule has 0 bridgehead atoms. The van der Waals surface area contributed by atoms with Gasteiger partial charge in [-0.05, 0) is 36.4 Å². The Morgan fingerprint density at radius 3 is 2.70 bits per heavy atom. The molecule has 1 aliphatic rings. The lowest BCUT2D eigenvalue weighted by Gasteiger charge is -2.22. The molecule has 1 saturated carbocycles. The van der Waals surface area contributed by atoms with Gasteiger partial charge in [-0.2, -0.15) is 0 Å². The summed E-state index contributed by atoms with van der Waals surface area (Å²) in [5, 5.41) is 0. The van der Waals surface area contributed by atoms with Crippen molar-refractivity contribution in [1.29, 1.82) is 0 Å². The quantitative estimate of drug-likeness (QED) is 0.747. The van der Waals surface area contributed by atoms with E-state index >= 15 is 0 Å². The van der Waals surface area contributed by atoms with Crippen LogP contribution in [-0.4, -0.2) is 4.98 Å². The molecule has 1 aromatic carbocycles. The smallest absolute Gasteiger partial charge is 0.0704 e. The molecule has 0 unspecified atom stereocenters. The van der Waals surface area contributed by atoms with E-state index in [1.54, 1.807) is 6.20 Å². The molecule has 0 atom stereocenters. The van der Waals surface area contributed by atoms with Gasteiger partial charge >= 0.3 is 0 Å². The molecule has 1 aromatic heterocycles. The van der Waals surface area contributed by atoms with Crippen LogP contribution in [0.4, 0.5) is 0 Å². The van der Waals surface area contributed by atoms with Crippen molar-refractivity contribution in [2.75, 3.05) is 0 Å². The van der Waals surface area contributed by atoms with Gasteiger partial charge in [0.2, 0.25) is 0 Å². The Labute approximate surface area is 126 Å². The maximum Gasteiger partial charge on any atom is 0.0704 e. The zero-order valence-corrected chi connectivity index (χ0v) is 11.8. The summed E-state index contributed by atoms with van der Waals surface area (Å²) in [6, 6.07) is 12.0. The Morgan fingerprint density at radius 1 is 1.15 bits per heavy atom. The van der Waals surface area contributed by atoms with E-state index in [0.717, 1.165) is 23.2 Å². The first kappa shape index (κ1) is 10.1. The average molecular weight is 268 g/mol. The maximum atomic E-state index is 7.80. The summed E-state index contributed by atoms with van der Waals surface area (Å²) in [5.41, 5.74) is 3.27. The third-order valence-electron chi connectivity index (χ3n) is 4.29.